The van der Waals surface area contributed by atoms with E-state index in [0.29, 0.717) is 19.0 Å². The number of hydrogen-bond donors (Lipinski definition) is 2. The lowest BCUT2D eigenvalue weighted by atomic mass is 10.0. The zero-order valence-corrected chi connectivity index (χ0v) is 11.3. The Bertz CT molecular complexity index is 248. The first-order valence-corrected chi connectivity index (χ1v) is 6.65. The summed E-state index contributed by atoms with van der Waals surface area (Å²) in [6.45, 7) is 7.16. The minimum Gasteiger partial charge on any atom is -0.361 e. The Kier molecular flexibility index (Phi) is 5.40. The standard InChI is InChI=1S/C13H26N2O2/c1-10(2)8-15-12(16)11(3)17-13(9-14)6-4-5-7-13/h10-11H,4-9,14H2,1-3H3,(H,15,16). The lowest BCUT2D eigenvalue weighted by molar-refractivity contribution is -0.144. The topological polar surface area (TPSA) is 64.3 Å². The van der Waals surface area contributed by atoms with Crippen LogP contribution in [0, 0.1) is 5.92 Å². The number of hydrogen-bond acceptors (Lipinski definition) is 3. The van der Waals surface area contributed by atoms with E-state index in [1.54, 1.807) is 0 Å². The van der Waals surface area contributed by atoms with Gasteiger partial charge in [0.1, 0.15) is 6.10 Å². The van der Waals surface area contributed by atoms with Crippen LogP contribution in [0.15, 0.2) is 0 Å². The molecule has 0 heterocycles. The Morgan fingerprint density at radius 3 is 2.41 bits per heavy atom. The SMILES string of the molecule is CC(C)CNC(=O)C(C)OC1(CN)CCCC1. The van der Waals surface area contributed by atoms with Gasteiger partial charge in [-0.1, -0.05) is 26.7 Å². The quantitative estimate of drug-likeness (QED) is 0.740. The van der Waals surface area contributed by atoms with Crippen molar-refractivity contribution in [2.45, 2.75) is 58.2 Å². The van der Waals surface area contributed by atoms with Gasteiger partial charge in [-0.15, -0.1) is 0 Å². The maximum atomic E-state index is 11.8. The molecule has 0 aromatic carbocycles. The number of nitrogens with one attached hydrogen (secondary N) is 1. The van der Waals surface area contributed by atoms with Gasteiger partial charge < -0.3 is 15.8 Å². The lowest BCUT2D eigenvalue weighted by Gasteiger charge is -2.30. The van der Waals surface area contributed by atoms with Crippen LogP contribution in [0.4, 0.5) is 0 Å². The third kappa shape index (κ3) is 4.28. The number of rotatable bonds is 6. The van der Waals surface area contributed by atoms with Gasteiger partial charge in [0.15, 0.2) is 0 Å². The van der Waals surface area contributed by atoms with Crippen molar-refractivity contribution in [1.29, 1.82) is 0 Å². The van der Waals surface area contributed by atoms with Crippen molar-refractivity contribution in [2.24, 2.45) is 11.7 Å². The van der Waals surface area contributed by atoms with Crippen molar-refractivity contribution in [3.8, 4) is 0 Å². The molecule has 0 aromatic rings. The van der Waals surface area contributed by atoms with Crippen LogP contribution >= 0.6 is 0 Å². The Balaban J connectivity index is 2.41. The van der Waals surface area contributed by atoms with Gasteiger partial charge >= 0.3 is 0 Å². The summed E-state index contributed by atoms with van der Waals surface area (Å²) in [5, 5.41) is 2.89. The summed E-state index contributed by atoms with van der Waals surface area (Å²) in [5.74, 6) is 0.430. The maximum absolute atomic E-state index is 11.8. The highest BCUT2D eigenvalue weighted by Gasteiger charge is 2.36. The zero-order valence-electron chi connectivity index (χ0n) is 11.3. The molecular weight excluding hydrogens is 216 g/mol. The Hall–Kier alpha value is -0.610. The van der Waals surface area contributed by atoms with Crippen molar-refractivity contribution in [3.63, 3.8) is 0 Å². The average molecular weight is 242 g/mol. The fourth-order valence-electron chi connectivity index (χ4n) is 2.27. The molecule has 1 saturated carbocycles. The van der Waals surface area contributed by atoms with Gasteiger partial charge in [0, 0.05) is 13.1 Å². The molecule has 0 radical (unpaired) electrons. The molecule has 1 aliphatic carbocycles. The van der Waals surface area contributed by atoms with E-state index < -0.39 is 6.10 Å². The van der Waals surface area contributed by atoms with E-state index in [2.05, 4.69) is 19.2 Å². The van der Waals surface area contributed by atoms with Gasteiger partial charge in [-0.25, -0.2) is 0 Å². The summed E-state index contributed by atoms with van der Waals surface area (Å²) < 4.78 is 5.91. The Labute approximate surface area is 104 Å². The molecule has 0 bridgehead atoms. The molecule has 1 rings (SSSR count). The fourth-order valence-corrected chi connectivity index (χ4v) is 2.27. The van der Waals surface area contributed by atoms with E-state index in [1.807, 2.05) is 6.92 Å². The van der Waals surface area contributed by atoms with Gasteiger partial charge in [-0.3, -0.25) is 4.79 Å². The molecule has 1 fully saturated rings. The summed E-state index contributed by atoms with van der Waals surface area (Å²) in [6.07, 6.45) is 3.85. The van der Waals surface area contributed by atoms with Crippen LogP contribution in [0.3, 0.4) is 0 Å². The first-order chi connectivity index (χ1) is 7.99. The van der Waals surface area contributed by atoms with Gasteiger partial charge in [0.05, 0.1) is 5.60 Å². The van der Waals surface area contributed by atoms with Gasteiger partial charge in [0.25, 0.3) is 0 Å². The Morgan fingerprint density at radius 1 is 1.35 bits per heavy atom. The molecule has 0 spiro atoms. The third-order valence-electron chi connectivity index (χ3n) is 3.37. The van der Waals surface area contributed by atoms with Crippen molar-refractivity contribution in [2.75, 3.05) is 13.1 Å². The highest BCUT2D eigenvalue weighted by Crippen LogP contribution is 2.33. The minimum absolute atomic E-state index is 0.0292. The van der Waals surface area contributed by atoms with Crippen LogP contribution in [-0.4, -0.2) is 30.7 Å². The van der Waals surface area contributed by atoms with Gasteiger partial charge in [-0.05, 0) is 25.7 Å². The second kappa shape index (κ2) is 6.36. The second-order valence-corrected chi connectivity index (χ2v) is 5.49. The van der Waals surface area contributed by atoms with Crippen LogP contribution in [-0.2, 0) is 9.53 Å². The van der Waals surface area contributed by atoms with Crippen LogP contribution in [0.2, 0.25) is 0 Å². The lowest BCUT2D eigenvalue weighted by Crippen LogP contribution is -2.46. The molecule has 3 N–H and O–H groups in total. The molecule has 1 aliphatic rings. The molecule has 17 heavy (non-hydrogen) atoms. The molecule has 0 aliphatic heterocycles. The summed E-state index contributed by atoms with van der Waals surface area (Å²) in [4.78, 5) is 11.8. The first-order valence-electron chi connectivity index (χ1n) is 6.65. The molecule has 0 aromatic heterocycles. The molecule has 4 nitrogen and oxygen atoms in total. The predicted molar refractivity (Wildman–Crippen MR) is 68.6 cm³/mol. The van der Waals surface area contributed by atoms with E-state index in [4.69, 9.17) is 10.5 Å². The number of carbonyl (C=O) groups excluding carboxylic acids is 1. The van der Waals surface area contributed by atoms with Crippen LogP contribution in [0.25, 0.3) is 0 Å². The number of amides is 1. The van der Waals surface area contributed by atoms with Crippen molar-refractivity contribution in [1.82, 2.24) is 5.32 Å². The van der Waals surface area contributed by atoms with Crippen LogP contribution < -0.4 is 11.1 Å². The molecule has 0 saturated heterocycles. The van der Waals surface area contributed by atoms with E-state index in [0.717, 1.165) is 25.7 Å². The number of nitrogens with two attached hydrogens (primary N) is 1. The summed E-state index contributed by atoms with van der Waals surface area (Å²) >= 11 is 0. The molecular formula is C13H26N2O2. The highest BCUT2D eigenvalue weighted by atomic mass is 16.5. The van der Waals surface area contributed by atoms with Crippen molar-refractivity contribution < 1.29 is 9.53 Å². The molecule has 1 unspecified atom stereocenters. The molecule has 1 atom stereocenters. The highest BCUT2D eigenvalue weighted by molar-refractivity contribution is 5.80. The van der Waals surface area contributed by atoms with Crippen molar-refractivity contribution in [3.05, 3.63) is 0 Å². The van der Waals surface area contributed by atoms with Gasteiger partial charge in [0.2, 0.25) is 5.91 Å². The minimum atomic E-state index is -0.407. The summed E-state index contributed by atoms with van der Waals surface area (Å²) in [6, 6.07) is 0. The zero-order chi connectivity index (χ0) is 12.9. The fraction of sp³-hybridized carbons (Fsp3) is 0.923. The largest absolute Gasteiger partial charge is 0.361 e. The van der Waals surface area contributed by atoms with E-state index >= 15 is 0 Å². The number of ether oxygens (including phenoxy) is 1. The monoisotopic (exact) mass is 242 g/mol. The number of carbonyl (C=O) groups is 1. The van der Waals surface area contributed by atoms with E-state index in [1.165, 1.54) is 0 Å². The second-order valence-electron chi connectivity index (χ2n) is 5.49. The van der Waals surface area contributed by atoms with Crippen molar-refractivity contribution >= 4 is 5.91 Å². The average Bonchev–Trinajstić information content (AvgIpc) is 2.75. The maximum Gasteiger partial charge on any atom is 0.248 e. The summed E-state index contributed by atoms with van der Waals surface area (Å²) in [7, 11) is 0. The molecule has 100 valence electrons. The molecule has 1 amide bonds. The van der Waals surface area contributed by atoms with Crippen LogP contribution in [0.1, 0.15) is 46.5 Å². The van der Waals surface area contributed by atoms with E-state index in [-0.39, 0.29) is 11.5 Å². The smallest absolute Gasteiger partial charge is 0.248 e. The normalized spacial score (nSPS) is 20.5. The Morgan fingerprint density at radius 2 is 1.94 bits per heavy atom. The third-order valence-corrected chi connectivity index (χ3v) is 3.37. The predicted octanol–water partition coefficient (Wildman–Crippen LogP) is 1.44. The first kappa shape index (κ1) is 14.5. The summed E-state index contributed by atoms with van der Waals surface area (Å²) in [5.41, 5.74) is 5.53. The van der Waals surface area contributed by atoms with Gasteiger partial charge in [-0.2, -0.15) is 0 Å². The van der Waals surface area contributed by atoms with E-state index in [9.17, 15) is 4.79 Å². The van der Waals surface area contributed by atoms with Crippen LogP contribution in [0.5, 0.6) is 0 Å². The molecule has 4 heteroatoms.